The second kappa shape index (κ2) is 9.24. The molecule has 154 valence electrons. The number of hydrogen-bond donors (Lipinski definition) is 2. The lowest BCUT2D eigenvalue weighted by Gasteiger charge is -2.12. The number of anilines is 1. The van der Waals surface area contributed by atoms with Crippen molar-refractivity contribution in [1.29, 1.82) is 0 Å². The van der Waals surface area contributed by atoms with E-state index in [0.717, 1.165) is 32.8 Å². The van der Waals surface area contributed by atoms with Gasteiger partial charge in [0.2, 0.25) is 5.91 Å². The lowest BCUT2D eigenvalue weighted by atomic mass is 10.2. The fourth-order valence-electron chi connectivity index (χ4n) is 3.16. The molecule has 1 aromatic heterocycles. The molecular formula is C21H18BrClN4O2S. The minimum atomic E-state index is -0.341. The Morgan fingerprint density at radius 2 is 1.97 bits per heavy atom. The highest BCUT2D eigenvalue weighted by molar-refractivity contribution is 9.10. The molecule has 6 nitrogen and oxygen atoms in total. The van der Waals surface area contributed by atoms with Gasteiger partial charge in [0.05, 0.1) is 16.3 Å². The topological polar surface area (TPSA) is 76.0 Å². The monoisotopic (exact) mass is 504 g/mol. The van der Waals surface area contributed by atoms with Crippen molar-refractivity contribution >= 4 is 56.9 Å². The van der Waals surface area contributed by atoms with Crippen molar-refractivity contribution in [1.82, 2.24) is 15.1 Å². The summed E-state index contributed by atoms with van der Waals surface area (Å²) in [5, 5.41) is 10.7. The molecule has 0 atom stereocenters. The van der Waals surface area contributed by atoms with E-state index in [-0.39, 0.29) is 18.4 Å². The molecule has 0 bridgehead atoms. The molecule has 3 aromatic rings. The van der Waals surface area contributed by atoms with Crippen LogP contribution in [-0.4, -0.2) is 21.6 Å². The van der Waals surface area contributed by atoms with E-state index in [4.69, 9.17) is 11.6 Å². The molecule has 0 saturated heterocycles. The summed E-state index contributed by atoms with van der Waals surface area (Å²) < 4.78 is 2.32. The minimum Gasteiger partial charge on any atom is -0.350 e. The first kappa shape index (κ1) is 21.0. The zero-order valence-corrected chi connectivity index (χ0v) is 19.0. The van der Waals surface area contributed by atoms with E-state index < -0.39 is 0 Å². The molecule has 0 saturated carbocycles. The SMILES string of the molecule is O=C(Cn1nc2c(c1NC(=O)c1cc(Br)ccc1Cl)CSC2)NCc1ccccc1. The van der Waals surface area contributed by atoms with Crippen LogP contribution in [0.2, 0.25) is 5.02 Å². The van der Waals surface area contributed by atoms with E-state index in [0.29, 0.717) is 22.9 Å². The number of nitrogens with one attached hydrogen (secondary N) is 2. The quantitative estimate of drug-likeness (QED) is 0.513. The van der Waals surface area contributed by atoms with Crippen LogP contribution in [0.25, 0.3) is 0 Å². The van der Waals surface area contributed by atoms with E-state index in [9.17, 15) is 9.59 Å². The Morgan fingerprint density at radius 3 is 2.77 bits per heavy atom. The number of rotatable bonds is 6. The molecule has 0 radical (unpaired) electrons. The lowest BCUT2D eigenvalue weighted by molar-refractivity contribution is -0.122. The highest BCUT2D eigenvalue weighted by Gasteiger charge is 2.25. The zero-order chi connectivity index (χ0) is 21.1. The first-order valence-electron chi connectivity index (χ1n) is 9.24. The summed E-state index contributed by atoms with van der Waals surface area (Å²) in [6.45, 7) is 0.457. The van der Waals surface area contributed by atoms with Crippen molar-refractivity contribution in [2.45, 2.75) is 24.6 Å². The summed E-state index contributed by atoms with van der Waals surface area (Å²) in [5.74, 6) is 1.53. The molecule has 1 aliphatic heterocycles. The molecule has 0 unspecified atom stereocenters. The second-order valence-corrected chi connectivity index (χ2v) is 9.07. The fourth-order valence-corrected chi connectivity index (χ4v) is 4.75. The number of fused-ring (bicyclic) bond motifs is 1. The van der Waals surface area contributed by atoms with Crippen LogP contribution in [0.5, 0.6) is 0 Å². The van der Waals surface area contributed by atoms with Gasteiger partial charge in [-0.1, -0.05) is 57.9 Å². The molecule has 0 aliphatic carbocycles. The maximum absolute atomic E-state index is 12.9. The number of thioether (sulfide) groups is 1. The molecule has 4 rings (SSSR count). The van der Waals surface area contributed by atoms with E-state index in [1.165, 1.54) is 0 Å². The second-order valence-electron chi connectivity index (χ2n) is 6.76. The molecule has 2 aromatic carbocycles. The third kappa shape index (κ3) is 4.71. The average molecular weight is 506 g/mol. The smallest absolute Gasteiger partial charge is 0.258 e. The van der Waals surface area contributed by atoms with Crippen LogP contribution in [0.15, 0.2) is 53.0 Å². The molecule has 30 heavy (non-hydrogen) atoms. The standard InChI is InChI=1S/C21H18BrClN4O2S/c22-14-6-7-17(23)15(8-14)21(29)25-20-16-11-30-12-18(16)26-27(20)10-19(28)24-9-13-4-2-1-3-5-13/h1-8H,9-12H2,(H,24,28)(H,25,29). The normalized spacial score (nSPS) is 12.5. The summed E-state index contributed by atoms with van der Waals surface area (Å²) in [7, 11) is 0. The molecule has 1 aliphatic rings. The zero-order valence-electron chi connectivity index (χ0n) is 15.8. The third-order valence-electron chi connectivity index (χ3n) is 4.65. The first-order chi connectivity index (χ1) is 14.5. The maximum atomic E-state index is 12.9. The van der Waals surface area contributed by atoms with Crippen molar-refractivity contribution in [2.24, 2.45) is 0 Å². The molecule has 2 amide bonds. The molecule has 2 heterocycles. The largest absolute Gasteiger partial charge is 0.350 e. The Morgan fingerprint density at radius 1 is 1.17 bits per heavy atom. The summed E-state index contributed by atoms with van der Waals surface area (Å²) in [6.07, 6.45) is 0. The number of aromatic nitrogens is 2. The third-order valence-corrected chi connectivity index (χ3v) is 6.44. The van der Waals surface area contributed by atoms with Crippen molar-refractivity contribution < 1.29 is 9.59 Å². The summed E-state index contributed by atoms with van der Waals surface area (Å²) in [4.78, 5) is 25.4. The van der Waals surface area contributed by atoms with Crippen LogP contribution in [0, 0.1) is 0 Å². The van der Waals surface area contributed by atoms with Crippen molar-refractivity contribution in [3.63, 3.8) is 0 Å². The van der Waals surface area contributed by atoms with Gasteiger partial charge < -0.3 is 10.6 Å². The Hall–Kier alpha value is -2.29. The van der Waals surface area contributed by atoms with Crippen LogP contribution in [-0.2, 0) is 29.4 Å². The predicted octanol–water partition coefficient (Wildman–Crippen LogP) is 4.61. The number of carbonyl (C=O) groups excluding carboxylic acids is 2. The highest BCUT2D eigenvalue weighted by atomic mass is 79.9. The van der Waals surface area contributed by atoms with Gasteiger partial charge in [-0.05, 0) is 23.8 Å². The highest BCUT2D eigenvalue weighted by Crippen LogP contribution is 2.35. The summed E-state index contributed by atoms with van der Waals surface area (Å²) in [6, 6.07) is 14.8. The van der Waals surface area contributed by atoms with Crippen molar-refractivity contribution in [2.75, 3.05) is 5.32 Å². The Kier molecular flexibility index (Phi) is 6.46. The number of halogens is 2. The van der Waals surface area contributed by atoms with Gasteiger partial charge in [-0.15, -0.1) is 0 Å². The van der Waals surface area contributed by atoms with Gasteiger partial charge >= 0.3 is 0 Å². The van der Waals surface area contributed by atoms with Crippen molar-refractivity contribution in [3.8, 4) is 0 Å². The summed E-state index contributed by atoms with van der Waals surface area (Å²) in [5.41, 5.74) is 3.22. The van der Waals surface area contributed by atoms with Crippen LogP contribution >= 0.6 is 39.3 Å². The van der Waals surface area contributed by atoms with Gasteiger partial charge in [-0.25, -0.2) is 4.68 Å². The van der Waals surface area contributed by atoms with Crippen LogP contribution < -0.4 is 10.6 Å². The van der Waals surface area contributed by atoms with E-state index >= 15 is 0 Å². The molecule has 0 spiro atoms. The molecular weight excluding hydrogens is 488 g/mol. The van der Waals surface area contributed by atoms with Gasteiger partial charge in [-0.2, -0.15) is 16.9 Å². The van der Waals surface area contributed by atoms with Crippen LogP contribution in [0.4, 0.5) is 5.82 Å². The van der Waals surface area contributed by atoms with E-state index in [1.807, 2.05) is 30.3 Å². The summed E-state index contributed by atoms with van der Waals surface area (Å²) >= 11 is 11.3. The number of carbonyl (C=O) groups is 2. The Bertz CT molecular complexity index is 1100. The first-order valence-corrected chi connectivity index (χ1v) is 11.6. The van der Waals surface area contributed by atoms with Crippen LogP contribution in [0.3, 0.4) is 0 Å². The maximum Gasteiger partial charge on any atom is 0.258 e. The van der Waals surface area contributed by atoms with Crippen molar-refractivity contribution in [3.05, 3.63) is 80.4 Å². The Balaban J connectivity index is 1.51. The van der Waals surface area contributed by atoms with Crippen LogP contribution in [0.1, 0.15) is 27.2 Å². The number of nitrogens with zero attached hydrogens (tertiary/aromatic N) is 2. The predicted molar refractivity (Wildman–Crippen MR) is 123 cm³/mol. The number of amides is 2. The van der Waals surface area contributed by atoms with Gasteiger partial charge in [0.15, 0.2) is 0 Å². The van der Waals surface area contributed by atoms with E-state index in [1.54, 1.807) is 34.6 Å². The van der Waals surface area contributed by atoms with Gasteiger partial charge in [0.1, 0.15) is 12.4 Å². The number of hydrogen-bond acceptors (Lipinski definition) is 4. The Labute approximate surface area is 191 Å². The lowest BCUT2D eigenvalue weighted by Crippen LogP contribution is -2.28. The van der Waals surface area contributed by atoms with Gasteiger partial charge in [0, 0.05) is 28.1 Å². The van der Waals surface area contributed by atoms with Gasteiger partial charge in [-0.3, -0.25) is 9.59 Å². The average Bonchev–Trinajstić information content (AvgIpc) is 3.31. The minimum absolute atomic E-state index is 0.0202. The van der Waals surface area contributed by atoms with E-state index in [2.05, 4.69) is 31.7 Å². The fraction of sp³-hybridized carbons (Fsp3) is 0.190. The number of benzene rings is 2. The molecule has 0 fully saturated rings. The van der Waals surface area contributed by atoms with Gasteiger partial charge in [0.25, 0.3) is 5.91 Å². The molecule has 9 heteroatoms. The molecule has 2 N–H and O–H groups in total.